The number of halogens is 1. The number of methoxy groups -OCH3 is 1. The second-order valence-corrected chi connectivity index (χ2v) is 6.00. The Bertz CT molecular complexity index is 572. The minimum atomic E-state index is -3.94. The number of carboxylic acid groups (broad SMARTS) is 1. The molecule has 1 rings (SSSR count). The van der Waals surface area contributed by atoms with Gasteiger partial charge in [0.05, 0.1) is 11.5 Å². The smallest absolute Gasteiger partial charge is 0.324 e. The molecule has 0 aliphatic heterocycles. The highest BCUT2D eigenvalue weighted by Crippen LogP contribution is 2.19. The minimum Gasteiger partial charge on any atom is -0.480 e. The predicted octanol–water partition coefficient (Wildman–Crippen LogP) is 1.03. The number of rotatable bonds is 6. The number of carboxylic acids is 1. The zero-order valence-corrected chi connectivity index (χ0v) is 12.0. The van der Waals surface area contributed by atoms with Gasteiger partial charge in [0, 0.05) is 12.1 Å². The fourth-order valence-corrected chi connectivity index (χ4v) is 3.11. The molecule has 2 N–H and O–H groups in total. The fourth-order valence-electron chi connectivity index (χ4n) is 1.49. The van der Waals surface area contributed by atoms with Crippen LogP contribution in [0.5, 0.6) is 0 Å². The van der Waals surface area contributed by atoms with Gasteiger partial charge in [-0.25, -0.2) is 8.42 Å². The lowest BCUT2D eigenvalue weighted by atomic mass is 10.2. The SMILES string of the molecule is COCC(NS(=O)(=O)c1ccc(Cl)cc1C)C(=O)O. The maximum absolute atomic E-state index is 12.1. The number of hydrogen-bond acceptors (Lipinski definition) is 4. The topological polar surface area (TPSA) is 92.7 Å². The molecule has 1 atom stereocenters. The molecular weight excluding hydrogens is 294 g/mol. The number of carbonyl (C=O) groups is 1. The van der Waals surface area contributed by atoms with E-state index in [0.717, 1.165) is 0 Å². The number of nitrogens with one attached hydrogen (secondary N) is 1. The van der Waals surface area contributed by atoms with Gasteiger partial charge in [0.15, 0.2) is 0 Å². The number of benzene rings is 1. The van der Waals surface area contributed by atoms with Crippen LogP contribution in [0.1, 0.15) is 5.56 Å². The Kier molecular flexibility index (Phi) is 5.30. The first-order chi connectivity index (χ1) is 8.77. The van der Waals surface area contributed by atoms with Gasteiger partial charge in [-0.15, -0.1) is 0 Å². The zero-order chi connectivity index (χ0) is 14.6. The number of ether oxygens (including phenoxy) is 1. The van der Waals surface area contributed by atoms with E-state index < -0.39 is 22.0 Å². The molecule has 0 amide bonds. The first-order valence-electron chi connectivity index (χ1n) is 5.28. The molecule has 6 nitrogen and oxygen atoms in total. The molecule has 0 heterocycles. The molecule has 1 aromatic rings. The van der Waals surface area contributed by atoms with Gasteiger partial charge in [0.25, 0.3) is 0 Å². The van der Waals surface area contributed by atoms with E-state index in [1.807, 2.05) is 0 Å². The molecule has 0 spiro atoms. The molecule has 8 heteroatoms. The third-order valence-corrected chi connectivity index (χ3v) is 4.22. The van der Waals surface area contributed by atoms with Gasteiger partial charge < -0.3 is 9.84 Å². The molecule has 0 bridgehead atoms. The largest absolute Gasteiger partial charge is 0.480 e. The van der Waals surface area contributed by atoms with E-state index >= 15 is 0 Å². The van der Waals surface area contributed by atoms with E-state index in [1.54, 1.807) is 6.92 Å². The number of sulfonamides is 1. The Labute approximate surface area is 116 Å². The summed E-state index contributed by atoms with van der Waals surface area (Å²) in [4.78, 5) is 10.9. The molecular formula is C11H14ClNO5S. The second-order valence-electron chi connectivity index (χ2n) is 3.88. The van der Waals surface area contributed by atoms with Gasteiger partial charge in [0.1, 0.15) is 6.04 Å². The molecule has 0 aliphatic carbocycles. The van der Waals surface area contributed by atoms with Crippen LogP contribution in [0.25, 0.3) is 0 Å². The third-order valence-electron chi connectivity index (χ3n) is 2.36. The Morgan fingerprint density at radius 1 is 1.53 bits per heavy atom. The highest BCUT2D eigenvalue weighted by Gasteiger charge is 2.26. The van der Waals surface area contributed by atoms with Crippen molar-refractivity contribution in [2.24, 2.45) is 0 Å². The van der Waals surface area contributed by atoms with Gasteiger partial charge in [0.2, 0.25) is 10.0 Å². The molecule has 0 radical (unpaired) electrons. The van der Waals surface area contributed by atoms with E-state index in [-0.39, 0.29) is 11.5 Å². The maximum Gasteiger partial charge on any atom is 0.324 e. The molecule has 0 saturated carbocycles. The minimum absolute atomic E-state index is 0.0146. The summed E-state index contributed by atoms with van der Waals surface area (Å²) in [7, 11) is -2.65. The number of aliphatic carboxylic acids is 1. The van der Waals surface area contributed by atoms with Crippen molar-refractivity contribution < 1.29 is 23.1 Å². The summed E-state index contributed by atoms with van der Waals surface area (Å²) < 4.78 is 30.9. The second kappa shape index (κ2) is 6.33. The third kappa shape index (κ3) is 4.17. The Balaban J connectivity index is 3.06. The predicted molar refractivity (Wildman–Crippen MR) is 69.8 cm³/mol. The molecule has 0 aromatic heterocycles. The average molecular weight is 308 g/mol. The summed E-state index contributed by atoms with van der Waals surface area (Å²) >= 11 is 5.74. The van der Waals surface area contributed by atoms with Crippen LogP contribution in [0.3, 0.4) is 0 Å². The lowest BCUT2D eigenvalue weighted by molar-refractivity contribution is -0.140. The normalized spacial score (nSPS) is 13.2. The Morgan fingerprint density at radius 2 is 2.16 bits per heavy atom. The van der Waals surface area contributed by atoms with Crippen molar-refractivity contribution >= 4 is 27.6 Å². The summed E-state index contributed by atoms with van der Waals surface area (Å²) in [5.41, 5.74) is 0.432. The molecule has 106 valence electrons. The maximum atomic E-state index is 12.1. The van der Waals surface area contributed by atoms with Crippen LogP contribution in [-0.4, -0.2) is 39.3 Å². The number of aryl methyl sites for hydroxylation is 1. The van der Waals surface area contributed by atoms with Gasteiger partial charge in [-0.3, -0.25) is 4.79 Å². The van der Waals surface area contributed by atoms with Crippen molar-refractivity contribution in [3.8, 4) is 0 Å². The average Bonchev–Trinajstić information content (AvgIpc) is 2.27. The molecule has 0 saturated heterocycles. The van der Waals surface area contributed by atoms with Crippen molar-refractivity contribution in [1.82, 2.24) is 4.72 Å². The Morgan fingerprint density at radius 3 is 2.63 bits per heavy atom. The molecule has 0 fully saturated rings. The van der Waals surface area contributed by atoms with Crippen LogP contribution in [0.4, 0.5) is 0 Å². The van der Waals surface area contributed by atoms with Crippen molar-refractivity contribution in [1.29, 1.82) is 0 Å². The fraction of sp³-hybridized carbons (Fsp3) is 0.364. The summed E-state index contributed by atoms with van der Waals surface area (Å²) in [6, 6.07) is 2.90. The molecule has 19 heavy (non-hydrogen) atoms. The standard InChI is InChI=1S/C11H14ClNO5S/c1-7-5-8(12)3-4-10(7)19(16,17)13-9(6-18-2)11(14)15/h3-5,9,13H,6H2,1-2H3,(H,14,15). The molecule has 0 aliphatic rings. The summed E-state index contributed by atoms with van der Waals surface area (Å²) in [6.45, 7) is 1.31. The first-order valence-corrected chi connectivity index (χ1v) is 7.14. The summed E-state index contributed by atoms with van der Waals surface area (Å²) in [6.07, 6.45) is 0. The Hall–Kier alpha value is -1.15. The van der Waals surface area contributed by atoms with Crippen molar-refractivity contribution in [3.63, 3.8) is 0 Å². The van der Waals surface area contributed by atoms with Gasteiger partial charge in [-0.05, 0) is 30.7 Å². The molecule has 1 unspecified atom stereocenters. The highest BCUT2D eigenvalue weighted by atomic mass is 35.5. The van der Waals surface area contributed by atoms with E-state index in [2.05, 4.69) is 9.46 Å². The van der Waals surface area contributed by atoms with E-state index in [9.17, 15) is 13.2 Å². The van der Waals surface area contributed by atoms with Crippen LogP contribution in [0.15, 0.2) is 23.1 Å². The zero-order valence-electron chi connectivity index (χ0n) is 10.4. The quantitative estimate of drug-likeness (QED) is 0.818. The summed E-state index contributed by atoms with van der Waals surface area (Å²) in [5, 5.41) is 9.31. The van der Waals surface area contributed by atoms with E-state index in [0.29, 0.717) is 10.6 Å². The monoisotopic (exact) mass is 307 g/mol. The van der Waals surface area contributed by atoms with Crippen molar-refractivity contribution in [2.45, 2.75) is 17.9 Å². The lowest BCUT2D eigenvalue weighted by Gasteiger charge is -2.15. The van der Waals surface area contributed by atoms with Gasteiger partial charge in [-0.2, -0.15) is 4.72 Å². The van der Waals surface area contributed by atoms with E-state index in [1.165, 1.54) is 25.3 Å². The lowest BCUT2D eigenvalue weighted by Crippen LogP contribution is -2.43. The molecule has 1 aromatic carbocycles. The summed E-state index contributed by atoms with van der Waals surface area (Å²) in [5.74, 6) is -1.31. The number of hydrogen-bond donors (Lipinski definition) is 2. The first kappa shape index (κ1) is 15.9. The van der Waals surface area contributed by atoms with E-state index in [4.69, 9.17) is 16.7 Å². The highest BCUT2D eigenvalue weighted by molar-refractivity contribution is 7.89. The van der Waals surface area contributed by atoms with Crippen LogP contribution in [0.2, 0.25) is 5.02 Å². The van der Waals surface area contributed by atoms with Crippen molar-refractivity contribution in [3.05, 3.63) is 28.8 Å². The van der Waals surface area contributed by atoms with Gasteiger partial charge >= 0.3 is 5.97 Å². The van der Waals surface area contributed by atoms with Crippen LogP contribution in [0, 0.1) is 6.92 Å². The van der Waals surface area contributed by atoms with Crippen LogP contribution >= 0.6 is 11.6 Å². The van der Waals surface area contributed by atoms with Gasteiger partial charge in [-0.1, -0.05) is 11.6 Å². The van der Waals surface area contributed by atoms with Crippen molar-refractivity contribution in [2.75, 3.05) is 13.7 Å². The van der Waals surface area contributed by atoms with Crippen LogP contribution in [-0.2, 0) is 19.6 Å². The van der Waals surface area contributed by atoms with Crippen LogP contribution < -0.4 is 4.72 Å².